The molecule has 3 rings (SSSR count). The third-order valence-electron chi connectivity index (χ3n) is 4.38. The van der Waals surface area contributed by atoms with Gasteiger partial charge in [-0.3, -0.25) is 9.36 Å². The summed E-state index contributed by atoms with van der Waals surface area (Å²) in [6.45, 7) is 6.68. The molecule has 0 saturated carbocycles. The Morgan fingerprint density at radius 2 is 1.97 bits per heavy atom. The maximum Gasteiger partial charge on any atom is 0.396 e. The third kappa shape index (κ3) is 4.73. The normalized spacial score (nSPS) is 11.4. The molecule has 0 aliphatic rings. The summed E-state index contributed by atoms with van der Waals surface area (Å²) < 4.78 is 63.8. The second kappa shape index (κ2) is 8.58. The summed E-state index contributed by atoms with van der Waals surface area (Å²) in [6, 6.07) is 5.43. The first-order valence-electron chi connectivity index (χ1n) is 8.91. The Labute approximate surface area is 174 Å². The number of ether oxygens (including phenoxy) is 1. The molecule has 0 aliphatic heterocycles. The molecule has 0 spiro atoms. The average Bonchev–Trinajstić information content (AvgIpc) is 3.18. The monoisotopic (exact) mass is 435 g/mol. The number of rotatable bonds is 7. The first kappa shape index (κ1) is 22.0. The topological polar surface area (TPSA) is 70.2 Å². The van der Waals surface area contributed by atoms with E-state index in [2.05, 4.69) is 23.3 Å². The molecule has 162 valence electrons. The standard InChI is InChI=1S/C21H17F4N3O3/c1-4-14-16(5-2)26-19(10-21(23,24)25)28(20(14)29)11-13-9-17(31-27-13)12-6-7-15(22)18(8-12)30-3/h4-9H,1-2,10-11H2,3H3. The molecule has 0 atom stereocenters. The number of alkyl halides is 3. The van der Waals surface area contributed by atoms with Crippen molar-refractivity contribution in [2.45, 2.75) is 19.1 Å². The zero-order valence-corrected chi connectivity index (χ0v) is 16.4. The lowest BCUT2D eigenvalue weighted by Gasteiger charge is -2.15. The van der Waals surface area contributed by atoms with E-state index in [1.54, 1.807) is 0 Å². The predicted octanol–water partition coefficient (Wildman–Crippen LogP) is 4.49. The minimum Gasteiger partial charge on any atom is -0.494 e. The van der Waals surface area contributed by atoms with Crippen LogP contribution in [-0.2, 0) is 13.0 Å². The smallest absolute Gasteiger partial charge is 0.396 e. The van der Waals surface area contributed by atoms with Crippen LogP contribution in [0, 0.1) is 5.82 Å². The molecule has 0 aliphatic carbocycles. The quantitative estimate of drug-likeness (QED) is 0.512. The van der Waals surface area contributed by atoms with E-state index in [1.807, 2.05) is 0 Å². The average molecular weight is 435 g/mol. The zero-order chi connectivity index (χ0) is 22.8. The van der Waals surface area contributed by atoms with Crippen molar-refractivity contribution in [1.29, 1.82) is 0 Å². The highest BCUT2D eigenvalue weighted by Crippen LogP contribution is 2.27. The summed E-state index contributed by atoms with van der Waals surface area (Å²) in [7, 11) is 1.31. The Balaban J connectivity index is 2.03. The van der Waals surface area contributed by atoms with Crippen LogP contribution in [0.1, 0.15) is 22.8 Å². The van der Waals surface area contributed by atoms with Gasteiger partial charge in [0.05, 0.1) is 24.9 Å². The number of benzene rings is 1. The molecule has 0 fully saturated rings. The van der Waals surface area contributed by atoms with Gasteiger partial charge in [0.2, 0.25) is 0 Å². The van der Waals surface area contributed by atoms with E-state index in [0.717, 1.165) is 4.57 Å². The summed E-state index contributed by atoms with van der Waals surface area (Å²) in [5.74, 6) is -0.858. The number of halogens is 4. The van der Waals surface area contributed by atoms with Crippen molar-refractivity contribution in [3.63, 3.8) is 0 Å². The van der Waals surface area contributed by atoms with Crippen molar-refractivity contribution < 1.29 is 26.8 Å². The molecule has 0 radical (unpaired) electrons. The van der Waals surface area contributed by atoms with Crippen LogP contribution in [0.3, 0.4) is 0 Å². The summed E-state index contributed by atoms with van der Waals surface area (Å²) in [5.41, 5.74) is -0.0754. The van der Waals surface area contributed by atoms with Crippen LogP contribution in [0.25, 0.3) is 23.5 Å². The molecule has 0 N–H and O–H groups in total. The van der Waals surface area contributed by atoms with E-state index in [1.165, 1.54) is 43.5 Å². The number of hydrogen-bond acceptors (Lipinski definition) is 5. The minimum atomic E-state index is -4.59. The maximum atomic E-state index is 13.6. The van der Waals surface area contributed by atoms with Crippen molar-refractivity contribution in [3.05, 3.63) is 76.4 Å². The fourth-order valence-electron chi connectivity index (χ4n) is 2.95. The van der Waals surface area contributed by atoms with Gasteiger partial charge in [-0.15, -0.1) is 0 Å². The molecule has 10 heteroatoms. The maximum absolute atomic E-state index is 13.6. The van der Waals surface area contributed by atoms with E-state index in [9.17, 15) is 22.4 Å². The first-order chi connectivity index (χ1) is 14.7. The molecular weight excluding hydrogens is 418 g/mol. The van der Waals surface area contributed by atoms with E-state index in [-0.39, 0.29) is 35.0 Å². The highest BCUT2D eigenvalue weighted by atomic mass is 19.4. The number of aromatic nitrogens is 3. The van der Waals surface area contributed by atoms with Gasteiger partial charge in [0.25, 0.3) is 5.56 Å². The summed E-state index contributed by atoms with van der Waals surface area (Å²) in [5, 5.41) is 3.82. The molecule has 0 saturated heterocycles. The fraction of sp³-hybridized carbons (Fsp3) is 0.190. The van der Waals surface area contributed by atoms with Crippen molar-refractivity contribution in [3.8, 4) is 17.1 Å². The Morgan fingerprint density at radius 3 is 2.58 bits per heavy atom. The summed E-state index contributed by atoms with van der Waals surface area (Å²) in [6.07, 6.45) is -3.60. The van der Waals surface area contributed by atoms with Gasteiger partial charge >= 0.3 is 6.18 Å². The van der Waals surface area contributed by atoms with Crippen LogP contribution in [0.4, 0.5) is 17.6 Å². The molecule has 31 heavy (non-hydrogen) atoms. The fourth-order valence-corrected chi connectivity index (χ4v) is 2.95. The lowest BCUT2D eigenvalue weighted by atomic mass is 10.1. The molecular formula is C21H17F4N3O3. The largest absolute Gasteiger partial charge is 0.494 e. The van der Waals surface area contributed by atoms with Crippen molar-refractivity contribution in [1.82, 2.24) is 14.7 Å². The second-order valence-corrected chi connectivity index (χ2v) is 6.45. The molecule has 6 nitrogen and oxygen atoms in total. The van der Waals surface area contributed by atoms with Gasteiger partial charge < -0.3 is 9.26 Å². The van der Waals surface area contributed by atoms with Crippen LogP contribution in [0.15, 0.2) is 46.7 Å². The molecule has 0 amide bonds. The SMILES string of the molecule is C=Cc1nc(CC(F)(F)F)n(Cc2cc(-c3ccc(F)c(OC)c3)on2)c(=O)c1C=C. The van der Waals surface area contributed by atoms with Gasteiger partial charge in [0.15, 0.2) is 17.3 Å². The van der Waals surface area contributed by atoms with E-state index >= 15 is 0 Å². The second-order valence-electron chi connectivity index (χ2n) is 6.45. The highest BCUT2D eigenvalue weighted by Gasteiger charge is 2.31. The lowest BCUT2D eigenvalue weighted by molar-refractivity contribution is -0.129. The van der Waals surface area contributed by atoms with Crippen LogP contribution in [-0.4, -0.2) is 28.0 Å². The Kier molecular flexibility index (Phi) is 6.09. The first-order valence-corrected chi connectivity index (χ1v) is 8.91. The van der Waals surface area contributed by atoms with Crippen molar-refractivity contribution in [2.75, 3.05) is 7.11 Å². The third-order valence-corrected chi connectivity index (χ3v) is 4.38. The van der Waals surface area contributed by atoms with Gasteiger partial charge in [-0.2, -0.15) is 13.2 Å². The van der Waals surface area contributed by atoms with E-state index in [0.29, 0.717) is 5.56 Å². The van der Waals surface area contributed by atoms with Crippen LogP contribution in [0.5, 0.6) is 5.75 Å². The highest BCUT2D eigenvalue weighted by molar-refractivity contribution is 5.61. The van der Waals surface area contributed by atoms with Crippen LogP contribution < -0.4 is 10.3 Å². The molecule has 2 heterocycles. The number of hydrogen-bond donors (Lipinski definition) is 0. The number of methoxy groups -OCH3 is 1. The van der Waals surface area contributed by atoms with Crippen LogP contribution >= 0.6 is 0 Å². The van der Waals surface area contributed by atoms with Crippen LogP contribution in [0.2, 0.25) is 0 Å². The predicted molar refractivity (Wildman–Crippen MR) is 106 cm³/mol. The van der Waals surface area contributed by atoms with Crippen molar-refractivity contribution in [2.24, 2.45) is 0 Å². The Bertz CT molecular complexity index is 1200. The Morgan fingerprint density at radius 1 is 1.23 bits per heavy atom. The lowest BCUT2D eigenvalue weighted by Crippen LogP contribution is -2.31. The van der Waals surface area contributed by atoms with Gasteiger partial charge in [0, 0.05) is 11.6 Å². The molecule has 0 unspecified atom stereocenters. The molecule has 2 aromatic heterocycles. The zero-order valence-electron chi connectivity index (χ0n) is 16.4. The molecule has 3 aromatic rings. The van der Waals surface area contributed by atoms with Gasteiger partial charge in [-0.1, -0.05) is 24.4 Å². The minimum absolute atomic E-state index is 0.00903. The van der Waals surface area contributed by atoms with Gasteiger partial charge in [-0.25, -0.2) is 9.37 Å². The Hall–Kier alpha value is -3.69. The summed E-state index contributed by atoms with van der Waals surface area (Å²) in [4.78, 5) is 16.7. The van der Waals surface area contributed by atoms with Gasteiger partial charge in [0.1, 0.15) is 17.9 Å². The van der Waals surface area contributed by atoms with E-state index in [4.69, 9.17) is 9.26 Å². The van der Waals surface area contributed by atoms with Gasteiger partial charge in [-0.05, 0) is 24.3 Å². The van der Waals surface area contributed by atoms with Crippen molar-refractivity contribution >= 4 is 12.2 Å². The summed E-state index contributed by atoms with van der Waals surface area (Å²) >= 11 is 0. The molecule has 1 aromatic carbocycles. The number of nitrogens with zero attached hydrogens (tertiary/aromatic N) is 3. The molecule has 0 bridgehead atoms. The van der Waals surface area contributed by atoms with E-state index < -0.39 is 29.8 Å².